The van der Waals surface area contributed by atoms with Gasteiger partial charge in [0, 0.05) is 28.5 Å². The van der Waals surface area contributed by atoms with Gasteiger partial charge in [-0.05, 0) is 18.6 Å². The highest BCUT2D eigenvalue weighted by molar-refractivity contribution is 7.99. The number of carbonyl (C=O) groups is 1. The number of hydrogen-bond acceptors (Lipinski definition) is 3. The summed E-state index contributed by atoms with van der Waals surface area (Å²) in [4.78, 5) is 12.4. The molecule has 1 aliphatic rings. The molecule has 1 fully saturated rings. The van der Waals surface area contributed by atoms with Gasteiger partial charge in [-0.2, -0.15) is 0 Å². The lowest BCUT2D eigenvalue weighted by Crippen LogP contribution is -2.61. The summed E-state index contributed by atoms with van der Waals surface area (Å²) < 4.78 is 13.4. The molecule has 0 radical (unpaired) electrons. The topological polar surface area (TPSA) is 49.3 Å². The van der Waals surface area contributed by atoms with Gasteiger partial charge in [-0.3, -0.25) is 4.79 Å². The van der Waals surface area contributed by atoms with Crippen LogP contribution in [-0.2, 0) is 4.79 Å². The zero-order chi connectivity index (χ0) is 14.8. The average Bonchev–Trinajstić information content (AvgIpc) is 2.41. The maximum absolute atomic E-state index is 13.4. The van der Waals surface area contributed by atoms with E-state index in [1.807, 2.05) is 13.8 Å². The van der Waals surface area contributed by atoms with Crippen LogP contribution in [0.3, 0.4) is 0 Å². The van der Waals surface area contributed by atoms with Crippen LogP contribution >= 0.6 is 11.8 Å². The average molecular weight is 297 g/mol. The molecule has 0 aliphatic heterocycles. The fourth-order valence-corrected chi connectivity index (χ4v) is 3.12. The number of benzene rings is 1. The van der Waals surface area contributed by atoms with Crippen LogP contribution in [0.4, 0.5) is 4.39 Å². The number of aliphatic hydroxyl groups excluding tert-OH is 1. The van der Waals surface area contributed by atoms with E-state index in [1.165, 1.54) is 17.8 Å². The zero-order valence-corrected chi connectivity index (χ0v) is 12.5. The molecule has 2 atom stereocenters. The molecule has 1 aliphatic carbocycles. The zero-order valence-electron chi connectivity index (χ0n) is 11.7. The van der Waals surface area contributed by atoms with Gasteiger partial charge in [-0.1, -0.05) is 26.0 Å². The molecule has 5 heteroatoms. The quantitative estimate of drug-likeness (QED) is 0.821. The van der Waals surface area contributed by atoms with Crippen LogP contribution in [0.15, 0.2) is 29.2 Å². The van der Waals surface area contributed by atoms with Crippen LogP contribution in [0.2, 0.25) is 0 Å². The number of nitrogens with one attached hydrogen (secondary N) is 1. The Bertz CT molecular complexity index is 493. The van der Waals surface area contributed by atoms with Gasteiger partial charge in [-0.25, -0.2) is 4.39 Å². The van der Waals surface area contributed by atoms with E-state index in [1.54, 1.807) is 18.2 Å². The third kappa shape index (κ3) is 3.33. The van der Waals surface area contributed by atoms with Crippen LogP contribution in [0.1, 0.15) is 26.7 Å². The maximum Gasteiger partial charge on any atom is 0.221 e. The van der Waals surface area contributed by atoms with Crippen molar-refractivity contribution < 1.29 is 14.3 Å². The lowest BCUT2D eigenvalue weighted by Gasteiger charge is -2.49. The third-order valence-electron chi connectivity index (χ3n) is 3.97. The predicted octanol–water partition coefficient (Wildman–Crippen LogP) is 2.58. The van der Waals surface area contributed by atoms with Gasteiger partial charge >= 0.3 is 0 Å². The Kier molecular flexibility index (Phi) is 4.70. The molecule has 0 spiro atoms. The highest BCUT2D eigenvalue weighted by Gasteiger charge is 2.47. The molecule has 1 amide bonds. The van der Waals surface area contributed by atoms with Gasteiger partial charge < -0.3 is 10.4 Å². The SMILES string of the molecule is CC1(C)C(O)CC1NC(=O)CCSc1ccccc1F. The largest absolute Gasteiger partial charge is 0.392 e. The molecule has 1 aromatic carbocycles. The Hall–Kier alpha value is -1.07. The Balaban J connectivity index is 1.73. The summed E-state index contributed by atoms with van der Waals surface area (Å²) >= 11 is 1.34. The highest BCUT2D eigenvalue weighted by atomic mass is 32.2. The van der Waals surface area contributed by atoms with Gasteiger partial charge in [0.2, 0.25) is 5.91 Å². The monoisotopic (exact) mass is 297 g/mol. The standard InChI is InChI=1S/C15H20FNO2S/c1-15(2)12(9-13(15)18)17-14(19)7-8-20-11-6-4-3-5-10(11)16/h3-6,12-13,18H,7-9H2,1-2H3,(H,17,19). The number of hydrogen-bond donors (Lipinski definition) is 2. The molecule has 3 nitrogen and oxygen atoms in total. The van der Waals surface area contributed by atoms with Gasteiger partial charge in [0.05, 0.1) is 6.10 Å². The molecule has 0 aromatic heterocycles. The first-order valence-corrected chi connectivity index (χ1v) is 7.74. The summed E-state index contributed by atoms with van der Waals surface area (Å²) in [6.07, 6.45) is 0.613. The second kappa shape index (κ2) is 6.14. The Morgan fingerprint density at radius 2 is 2.20 bits per heavy atom. The van der Waals surface area contributed by atoms with E-state index in [4.69, 9.17) is 0 Å². The number of amides is 1. The molecular formula is C15H20FNO2S. The van der Waals surface area contributed by atoms with Crippen molar-refractivity contribution in [1.82, 2.24) is 5.32 Å². The number of carbonyl (C=O) groups excluding carboxylic acids is 1. The van der Waals surface area contributed by atoms with Crippen LogP contribution in [0.25, 0.3) is 0 Å². The first-order chi connectivity index (χ1) is 9.41. The first kappa shape index (κ1) is 15.3. The van der Waals surface area contributed by atoms with Crippen molar-refractivity contribution in [3.05, 3.63) is 30.1 Å². The Morgan fingerprint density at radius 3 is 2.80 bits per heavy atom. The number of halogens is 1. The van der Waals surface area contributed by atoms with Crippen molar-refractivity contribution in [3.63, 3.8) is 0 Å². The predicted molar refractivity (Wildman–Crippen MR) is 78.1 cm³/mol. The highest BCUT2D eigenvalue weighted by Crippen LogP contribution is 2.40. The van der Waals surface area contributed by atoms with E-state index < -0.39 is 0 Å². The minimum Gasteiger partial charge on any atom is -0.392 e. The summed E-state index contributed by atoms with van der Waals surface area (Å²) in [5.74, 6) is 0.252. The number of rotatable bonds is 5. The van der Waals surface area contributed by atoms with Crippen molar-refractivity contribution in [1.29, 1.82) is 0 Å². The third-order valence-corrected chi connectivity index (χ3v) is 5.02. The lowest BCUT2D eigenvalue weighted by atomic mass is 9.64. The van der Waals surface area contributed by atoms with E-state index in [0.29, 0.717) is 23.5 Å². The van der Waals surface area contributed by atoms with E-state index in [2.05, 4.69) is 5.32 Å². The molecule has 0 bridgehead atoms. The summed E-state index contributed by atoms with van der Waals surface area (Å²) in [5.41, 5.74) is -0.256. The van der Waals surface area contributed by atoms with Gasteiger partial charge in [0.25, 0.3) is 0 Å². The van der Waals surface area contributed by atoms with E-state index in [-0.39, 0.29) is 29.3 Å². The van der Waals surface area contributed by atoms with Crippen molar-refractivity contribution in [2.75, 3.05) is 5.75 Å². The molecule has 0 heterocycles. The molecule has 2 unspecified atom stereocenters. The molecular weight excluding hydrogens is 277 g/mol. The van der Waals surface area contributed by atoms with Crippen molar-refractivity contribution >= 4 is 17.7 Å². The first-order valence-electron chi connectivity index (χ1n) is 6.76. The normalized spacial score (nSPS) is 24.0. The smallest absolute Gasteiger partial charge is 0.221 e. The van der Waals surface area contributed by atoms with E-state index in [0.717, 1.165) is 0 Å². The molecule has 110 valence electrons. The number of thioether (sulfide) groups is 1. The van der Waals surface area contributed by atoms with Crippen molar-refractivity contribution in [2.45, 2.75) is 43.7 Å². The van der Waals surface area contributed by atoms with Gasteiger partial charge in [-0.15, -0.1) is 11.8 Å². The fourth-order valence-electron chi connectivity index (χ4n) is 2.23. The van der Waals surface area contributed by atoms with Crippen molar-refractivity contribution in [2.24, 2.45) is 5.41 Å². The Labute approximate surface area is 123 Å². The van der Waals surface area contributed by atoms with Crippen LogP contribution in [0, 0.1) is 11.2 Å². The fraction of sp³-hybridized carbons (Fsp3) is 0.533. The minimum absolute atomic E-state index is 0.0310. The molecule has 2 rings (SSSR count). The van der Waals surface area contributed by atoms with E-state index >= 15 is 0 Å². The summed E-state index contributed by atoms with van der Waals surface area (Å²) in [6.45, 7) is 3.89. The second-order valence-corrected chi connectivity index (χ2v) is 6.86. The van der Waals surface area contributed by atoms with Crippen LogP contribution < -0.4 is 5.32 Å². The van der Waals surface area contributed by atoms with Crippen molar-refractivity contribution in [3.8, 4) is 0 Å². The van der Waals surface area contributed by atoms with E-state index in [9.17, 15) is 14.3 Å². The maximum atomic E-state index is 13.4. The second-order valence-electron chi connectivity index (χ2n) is 5.72. The molecule has 1 saturated carbocycles. The van der Waals surface area contributed by atoms with Gasteiger partial charge in [0.15, 0.2) is 0 Å². The summed E-state index contributed by atoms with van der Waals surface area (Å²) in [7, 11) is 0. The summed E-state index contributed by atoms with van der Waals surface area (Å²) in [5, 5.41) is 12.5. The molecule has 20 heavy (non-hydrogen) atoms. The lowest BCUT2D eigenvalue weighted by molar-refractivity contribution is -0.128. The molecule has 0 saturated heterocycles. The Morgan fingerprint density at radius 1 is 1.50 bits per heavy atom. The molecule has 1 aromatic rings. The summed E-state index contributed by atoms with van der Waals surface area (Å²) in [6, 6.07) is 6.59. The minimum atomic E-state index is -0.347. The molecule has 2 N–H and O–H groups in total. The van der Waals surface area contributed by atoms with Gasteiger partial charge in [0.1, 0.15) is 5.82 Å². The number of aliphatic hydroxyl groups is 1. The van der Waals surface area contributed by atoms with Crippen LogP contribution in [0.5, 0.6) is 0 Å². The van der Waals surface area contributed by atoms with Crippen LogP contribution in [-0.4, -0.2) is 28.9 Å².